The molecule has 0 amide bonds. The Kier molecular flexibility index (Phi) is 3.79. The average molecular weight is 214 g/mol. The lowest BCUT2D eigenvalue weighted by Crippen LogP contribution is -2.14. The van der Waals surface area contributed by atoms with Gasteiger partial charge in [0.25, 0.3) is 0 Å². The molecule has 0 saturated heterocycles. The SMILES string of the molecule is O=C(O)C(O)SCc1ccc(O)cc1. The first-order valence-electron chi connectivity index (χ1n) is 3.90. The van der Waals surface area contributed by atoms with Crippen molar-refractivity contribution >= 4 is 17.7 Å². The van der Waals surface area contributed by atoms with Crippen LogP contribution in [0.15, 0.2) is 24.3 Å². The van der Waals surface area contributed by atoms with Crippen molar-refractivity contribution in [3.8, 4) is 5.75 Å². The number of aliphatic hydroxyl groups excluding tert-OH is 1. The van der Waals surface area contributed by atoms with Crippen molar-refractivity contribution in [3.63, 3.8) is 0 Å². The molecule has 0 fully saturated rings. The molecule has 1 aromatic carbocycles. The van der Waals surface area contributed by atoms with Crippen molar-refractivity contribution in [1.82, 2.24) is 0 Å². The van der Waals surface area contributed by atoms with Gasteiger partial charge in [-0.2, -0.15) is 0 Å². The maximum atomic E-state index is 10.3. The average Bonchev–Trinajstić information content (AvgIpc) is 2.16. The highest BCUT2D eigenvalue weighted by Gasteiger charge is 2.12. The van der Waals surface area contributed by atoms with Gasteiger partial charge in [-0.3, -0.25) is 0 Å². The van der Waals surface area contributed by atoms with Gasteiger partial charge in [-0.15, -0.1) is 11.8 Å². The zero-order valence-corrected chi connectivity index (χ0v) is 8.07. The quantitative estimate of drug-likeness (QED) is 0.652. The summed E-state index contributed by atoms with van der Waals surface area (Å²) in [7, 11) is 0. The summed E-state index contributed by atoms with van der Waals surface area (Å²) in [5.41, 5.74) is -0.545. The summed E-state index contributed by atoms with van der Waals surface area (Å²) >= 11 is 0.918. The molecule has 0 spiro atoms. The molecule has 0 aromatic heterocycles. The summed E-state index contributed by atoms with van der Waals surface area (Å²) in [6, 6.07) is 6.39. The number of hydrogen-bond acceptors (Lipinski definition) is 4. The monoisotopic (exact) mass is 214 g/mol. The fourth-order valence-corrected chi connectivity index (χ4v) is 1.52. The number of aromatic hydroxyl groups is 1. The van der Waals surface area contributed by atoms with E-state index in [-0.39, 0.29) is 5.75 Å². The van der Waals surface area contributed by atoms with E-state index in [1.165, 1.54) is 12.1 Å². The van der Waals surface area contributed by atoms with E-state index in [4.69, 9.17) is 15.3 Å². The van der Waals surface area contributed by atoms with Crippen molar-refractivity contribution in [3.05, 3.63) is 29.8 Å². The first kappa shape index (κ1) is 10.9. The smallest absolute Gasteiger partial charge is 0.343 e. The van der Waals surface area contributed by atoms with Crippen molar-refractivity contribution in [2.75, 3.05) is 0 Å². The third-order valence-corrected chi connectivity index (χ3v) is 2.57. The molecule has 0 heterocycles. The lowest BCUT2D eigenvalue weighted by Gasteiger charge is -2.04. The summed E-state index contributed by atoms with van der Waals surface area (Å²) < 4.78 is 0. The van der Waals surface area contributed by atoms with Crippen molar-refractivity contribution in [2.45, 2.75) is 11.2 Å². The fourth-order valence-electron chi connectivity index (χ4n) is 0.839. The predicted molar refractivity (Wildman–Crippen MR) is 53.0 cm³/mol. The molecule has 5 heteroatoms. The number of aliphatic hydroxyl groups is 1. The van der Waals surface area contributed by atoms with Crippen LogP contribution in [0.2, 0.25) is 0 Å². The zero-order valence-electron chi connectivity index (χ0n) is 7.25. The molecule has 0 saturated carbocycles. The summed E-state index contributed by atoms with van der Waals surface area (Å²) in [6.45, 7) is 0. The van der Waals surface area contributed by atoms with Crippen LogP contribution in [0.3, 0.4) is 0 Å². The Labute approximate surface area is 85.2 Å². The third-order valence-electron chi connectivity index (χ3n) is 1.56. The van der Waals surface area contributed by atoms with Crippen LogP contribution in [0.4, 0.5) is 0 Å². The van der Waals surface area contributed by atoms with Gasteiger partial charge in [0.05, 0.1) is 0 Å². The lowest BCUT2D eigenvalue weighted by molar-refractivity contribution is -0.141. The largest absolute Gasteiger partial charge is 0.508 e. The maximum absolute atomic E-state index is 10.3. The number of carbonyl (C=O) groups is 1. The van der Waals surface area contributed by atoms with E-state index in [2.05, 4.69) is 0 Å². The molecule has 4 nitrogen and oxygen atoms in total. The number of phenols is 1. The number of thioether (sulfide) groups is 1. The number of benzene rings is 1. The highest BCUT2D eigenvalue weighted by molar-refractivity contribution is 7.99. The standard InChI is InChI=1S/C9H10O4S/c10-7-3-1-6(2-4-7)5-14-9(13)8(11)12/h1-4,9-10,13H,5H2,(H,11,12). The summed E-state index contributed by atoms with van der Waals surface area (Å²) in [5, 5.41) is 26.3. The first-order chi connectivity index (χ1) is 6.59. The van der Waals surface area contributed by atoms with Gasteiger partial charge >= 0.3 is 5.97 Å². The van der Waals surface area contributed by atoms with E-state index in [1.807, 2.05) is 0 Å². The molecule has 0 bridgehead atoms. The second kappa shape index (κ2) is 4.88. The molecule has 0 aliphatic carbocycles. The molecule has 0 radical (unpaired) electrons. The minimum Gasteiger partial charge on any atom is -0.508 e. The van der Waals surface area contributed by atoms with Crippen LogP contribution in [0, 0.1) is 0 Å². The Morgan fingerprint density at radius 3 is 2.43 bits per heavy atom. The van der Waals surface area contributed by atoms with Gasteiger partial charge in [-0.1, -0.05) is 12.1 Å². The van der Waals surface area contributed by atoms with E-state index in [1.54, 1.807) is 12.1 Å². The number of aliphatic carboxylic acids is 1. The fraction of sp³-hybridized carbons (Fsp3) is 0.222. The molecule has 76 valence electrons. The van der Waals surface area contributed by atoms with Crippen LogP contribution in [0.25, 0.3) is 0 Å². The number of carboxylic acids is 1. The van der Waals surface area contributed by atoms with Crippen LogP contribution < -0.4 is 0 Å². The van der Waals surface area contributed by atoms with Gasteiger partial charge < -0.3 is 15.3 Å². The molecular weight excluding hydrogens is 204 g/mol. The molecule has 0 aliphatic rings. The van der Waals surface area contributed by atoms with Crippen molar-refractivity contribution in [2.24, 2.45) is 0 Å². The van der Waals surface area contributed by atoms with E-state index >= 15 is 0 Å². The van der Waals surface area contributed by atoms with Crippen LogP contribution in [-0.4, -0.2) is 26.7 Å². The van der Waals surface area contributed by atoms with Gasteiger partial charge in [0, 0.05) is 5.75 Å². The minimum atomic E-state index is -1.40. The van der Waals surface area contributed by atoms with Crippen molar-refractivity contribution in [1.29, 1.82) is 0 Å². The summed E-state index contributed by atoms with van der Waals surface area (Å²) in [4.78, 5) is 10.3. The molecule has 1 rings (SSSR count). The van der Waals surface area contributed by atoms with Crippen LogP contribution in [0.5, 0.6) is 5.75 Å². The lowest BCUT2D eigenvalue weighted by atomic mass is 10.2. The maximum Gasteiger partial charge on any atom is 0.343 e. The third kappa shape index (κ3) is 3.27. The van der Waals surface area contributed by atoms with Crippen LogP contribution >= 0.6 is 11.8 Å². The molecule has 1 unspecified atom stereocenters. The van der Waals surface area contributed by atoms with Gasteiger partial charge in [0.15, 0.2) is 5.44 Å². The number of rotatable bonds is 4. The van der Waals surface area contributed by atoms with Gasteiger partial charge in [-0.25, -0.2) is 4.79 Å². The zero-order chi connectivity index (χ0) is 10.6. The van der Waals surface area contributed by atoms with E-state index in [0.29, 0.717) is 5.75 Å². The second-order valence-corrected chi connectivity index (χ2v) is 3.74. The summed E-state index contributed by atoms with van der Waals surface area (Å²) in [6.07, 6.45) is 0. The molecule has 14 heavy (non-hydrogen) atoms. The number of hydrogen-bond donors (Lipinski definition) is 3. The van der Waals surface area contributed by atoms with E-state index in [0.717, 1.165) is 17.3 Å². The Bertz CT molecular complexity index is 309. The van der Waals surface area contributed by atoms with E-state index < -0.39 is 11.4 Å². The second-order valence-electron chi connectivity index (χ2n) is 2.67. The van der Waals surface area contributed by atoms with Crippen LogP contribution in [0.1, 0.15) is 5.56 Å². The number of phenolic OH excluding ortho intramolecular Hbond substituents is 1. The minimum absolute atomic E-state index is 0.164. The molecular formula is C9H10O4S. The Balaban J connectivity index is 2.46. The Morgan fingerprint density at radius 1 is 1.36 bits per heavy atom. The number of carboxylic acid groups (broad SMARTS) is 1. The van der Waals surface area contributed by atoms with Gasteiger partial charge in [-0.05, 0) is 17.7 Å². The summed E-state index contributed by atoms with van der Waals surface area (Å²) in [5.74, 6) is -0.681. The van der Waals surface area contributed by atoms with Crippen molar-refractivity contribution < 1.29 is 20.1 Å². The highest BCUT2D eigenvalue weighted by atomic mass is 32.2. The molecule has 1 aromatic rings. The highest BCUT2D eigenvalue weighted by Crippen LogP contribution is 2.18. The predicted octanol–water partition coefficient (Wildman–Crippen LogP) is 1.03. The van der Waals surface area contributed by atoms with Crippen LogP contribution in [-0.2, 0) is 10.5 Å². The normalized spacial score (nSPS) is 12.4. The molecule has 0 aliphatic heterocycles. The van der Waals surface area contributed by atoms with Gasteiger partial charge in [0.1, 0.15) is 5.75 Å². The Hall–Kier alpha value is -1.20. The van der Waals surface area contributed by atoms with Gasteiger partial charge in [0.2, 0.25) is 0 Å². The van der Waals surface area contributed by atoms with E-state index in [9.17, 15) is 4.79 Å². The molecule has 3 N–H and O–H groups in total. The molecule has 1 atom stereocenters. The Morgan fingerprint density at radius 2 is 1.93 bits per heavy atom. The first-order valence-corrected chi connectivity index (χ1v) is 4.95. The topological polar surface area (TPSA) is 77.8 Å².